The van der Waals surface area contributed by atoms with Crippen LogP contribution in [0.1, 0.15) is 44.5 Å². The van der Waals surface area contributed by atoms with Crippen LogP contribution in [0.5, 0.6) is 0 Å². The van der Waals surface area contributed by atoms with Crippen molar-refractivity contribution >= 4 is 17.5 Å². The lowest BCUT2D eigenvalue weighted by Crippen LogP contribution is -2.36. The summed E-state index contributed by atoms with van der Waals surface area (Å²) >= 11 is 0. The molecular formula is C15H25N5O. The summed E-state index contributed by atoms with van der Waals surface area (Å²) in [5.74, 6) is 3.02. The molecule has 21 heavy (non-hydrogen) atoms. The Kier molecular flexibility index (Phi) is 4.65. The number of amides is 1. The average molecular weight is 291 g/mol. The molecule has 0 radical (unpaired) electrons. The molecule has 1 amide bonds. The minimum absolute atomic E-state index is 0.0278. The van der Waals surface area contributed by atoms with E-state index in [0.29, 0.717) is 0 Å². The number of carbonyl (C=O) groups excluding carboxylic acids is 1. The van der Waals surface area contributed by atoms with Crippen molar-refractivity contribution in [1.82, 2.24) is 15.3 Å². The highest BCUT2D eigenvalue weighted by atomic mass is 16.1. The molecule has 2 N–H and O–H groups in total. The predicted octanol–water partition coefficient (Wildman–Crippen LogP) is 1.66. The third-order valence-corrected chi connectivity index (χ3v) is 3.79. The van der Waals surface area contributed by atoms with Crippen molar-refractivity contribution in [2.45, 2.75) is 46.1 Å². The quantitative estimate of drug-likeness (QED) is 0.883. The molecule has 1 aromatic heterocycles. The third-order valence-electron chi connectivity index (χ3n) is 3.79. The van der Waals surface area contributed by atoms with Crippen LogP contribution in [-0.2, 0) is 4.79 Å². The first-order valence-electron chi connectivity index (χ1n) is 7.50. The summed E-state index contributed by atoms with van der Waals surface area (Å²) in [7, 11) is 1.88. The van der Waals surface area contributed by atoms with Crippen LogP contribution in [-0.4, -0.2) is 42.1 Å². The number of carbonyl (C=O) groups is 1. The summed E-state index contributed by atoms with van der Waals surface area (Å²) in [6.45, 7) is 9.50. The highest BCUT2D eigenvalue weighted by Gasteiger charge is 2.26. The van der Waals surface area contributed by atoms with Crippen LogP contribution in [0.4, 0.5) is 11.6 Å². The Morgan fingerprint density at radius 3 is 2.67 bits per heavy atom. The minimum Gasteiger partial charge on any atom is -0.373 e. The maximum absolute atomic E-state index is 11.2. The zero-order chi connectivity index (χ0) is 15.6. The van der Waals surface area contributed by atoms with Crippen molar-refractivity contribution in [3.05, 3.63) is 11.4 Å². The molecule has 0 aromatic carbocycles. The second-order valence-electron chi connectivity index (χ2n) is 5.92. The lowest BCUT2D eigenvalue weighted by molar-refractivity contribution is -0.119. The molecule has 1 aliphatic heterocycles. The summed E-state index contributed by atoms with van der Waals surface area (Å²) in [4.78, 5) is 22.7. The summed E-state index contributed by atoms with van der Waals surface area (Å²) in [6, 6.07) is 0.206. The van der Waals surface area contributed by atoms with E-state index in [9.17, 15) is 4.79 Å². The molecule has 0 aliphatic carbocycles. The number of rotatable bonds is 4. The van der Waals surface area contributed by atoms with Crippen LogP contribution in [0.15, 0.2) is 0 Å². The highest BCUT2D eigenvalue weighted by molar-refractivity contribution is 5.73. The van der Waals surface area contributed by atoms with Gasteiger partial charge in [-0.2, -0.15) is 0 Å². The molecule has 1 unspecified atom stereocenters. The fourth-order valence-corrected chi connectivity index (χ4v) is 2.69. The normalized spacial score (nSPS) is 18.2. The number of nitrogens with one attached hydrogen (secondary N) is 2. The topological polar surface area (TPSA) is 70.2 Å². The first-order valence-corrected chi connectivity index (χ1v) is 7.50. The summed E-state index contributed by atoms with van der Waals surface area (Å²) in [5, 5.41) is 6.14. The lowest BCUT2D eigenvalue weighted by Gasteiger charge is -2.22. The Morgan fingerprint density at radius 1 is 1.38 bits per heavy atom. The molecule has 1 aliphatic rings. The maximum atomic E-state index is 11.2. The van der Waals surface area contributed by atoms with E-state index in [-0.39, 0.29) is 17.9 Å². The third kappa shape index (κ3) is 3.43. The molecule has 116 valence electrons. The first kappa shape index (κ1) is 15.5. The molecule has 0 bridgehead atoms. The number of nitrogens with zero attached hydrogens (tertiary/aromatic N) is 3. The van der Waals surface area contributed by atoms with Crippen molar-refractivity contribution < 1.29 is 4.79 Å². The maximum Gasteiger partial charge on any atom is 0.217 e. The second kappa shape index (κ2) is 6.28. The van der Waals surface area contributed by atoms with E-state index >= 15 is 0 Å². The molecule has 6 nitrogen and oxygen atoms in total. The standard InChI is InChI=1S/C15H25N5O/c1-9(2)13-18-14(16-5)10(3)15(19-13)20-7-6-12(8-20)17-11(4)21/h9,12H,6-8H2,1-5H3,(H,17,21)(H,16,18,19). The van der Waals surface area contributed by atoms with Gasteiger partial charge < -0.3 is 15.5 Å². The summed E-state index contributed by atoms with van der Waals surface area (Å²) in [5.41, 5.74) is 1.06. The van der Waals surface area contributed by atoms with E-state index < -0.39 is 0 Å². The number of anilines is 2. The Morgan fingerprint density at radius 2 is 2.10 bits per heavy atom. The van der Waals surface area contributed by atoms with E-state index in [1.165, 1.54) is 0 Å². The molecule has 0 saturated carbocycles. The number of hydrogen-bond donors (Lipinski definition) is 2. The van der Waals surface area contributed by atoms with Gasteiger partial charge >= 0.3 is 0 Å². The van der Waals surface area contributed by atoms with Crippen molar-refractivity contribution in [2.24, 2.45) is 0 Å². The van der Waals surface area contributed by atoms with Gasteiger partial charge in [0.25, 0.3) is 0 Å². The minimum atomic E-state index is 0.0278. The average Bonchev–Trinajstić information content (AvgIpc) is 2.86. The van der Waals surface area contributed by atoms with Crippen molar-refractivity contribution in [2.75, 3.05) is 30.4 Å². The van der Waals surface area contributed by atoms with Gasteiger partial charge in [0.2, 0.25) is 5.91 Å². The Hall–Kier alpha value is -1.85. The van der Waals surface area contributed by atoms with Gasteiger partial charge in [-0.05, 0) is 13.3 Å². The van der Waals surface area contributed by atoms with E-state index in [0.717, 1.165) is 42.5 Å². The van der Waals surface area contributed by atoms with Gasteiger partial charge in [-0.15, -0.1) is 0 Å². The largest absolute Gasteiger partial charge is 0.373 e. The molecule has 6 heteroatoms. The molecule has 2 heterocycles. The fraction of sp³-hybridized carbons (Fsp3) is 0.667. The Labute approximate surface area is 126 Å². The van der Waals surface area contributed by atoms with Crippen LogP contribution in [0, 0.1) is 6.92 Å². The van der Waals surface area contributed by atoms with Crippen molar-refractivity contribution in [1.29, 1.82) is 0 Å². The van der Waals surface area contributed by atoms with E-state index in [1.54, 1.807) is 6.92 Å². The van der Waals surface area contributed by atoms with Gasteiger partial charge in [0.1, 0.15) is 17.5 Å². The van der Waals surface area contributed by atoms with Gasteiger partial charge in [-0.25, -0.2) is 9.97 Å². The SMILES string of the molecule is CNc1nc(C(C)C)nc(N2CCC(NC(C)=O)C2)c1C. The van der Waals surface area contributed by atoms with E-state index in [4.69, 9.17) is 4.98 Å². The van der Waals surface area contributed by atoms with Crippen molar-refractivity contribution in [3.63, 3.8) is 0 Å². The van der Waals surface area contributed by atoms with Crippen LogP contribution in [0.3, 0.4) is 0 Å². The summed E-state index contributed by atoms with van der Waals surface area (Å²) < 4.78 is 0. The van der Waals surface area contributed by atoms with Gasteiger partial charge in [0.15, 0.2) is 0 Å². The van der Waals surface area contributed by atoms with Crippen LogP contribution < -0.4 is 15.5 Å². The van der Waals surface area contributed by atoms with E-state index in [1.807, 2.05) is 14.0 Å². The van der Waals surface area contributed by atoms with Gasteiger partial charge in [-0.3, -0.25) is 4.79 Å². The molecule has 1 saturated heterocycles. The van der Waals surface area contributed by atoms with Crippen molar-refractivity contribution in [3.8, 4) is 0 Å². The zero-order valence-corrected chi connectivity index (χ0v) is 13.5. The van der Waals surface area contributed by atoms with Crippen LogP contribution >= 0.6 is 0 Å². The second-order valence-corrected chi connectivity index (χ2v) is 5.92. The highest BCUT2D eigenvalue weighted by Crippen LogP contribution is 2.28. The van der Waals surface area contributed by atoms with Gasteiger partial charge in [-0.1, -0.05) is 13.8 Å². The number of aromatic nitrogens is 2. The summed E-state index contributed by atoms with van der Waals surface area (Å²) in [6.07, 6.45) is 0.953. The smallest absolute Gasteiger partial charge is 0.217 e. The van der Waals surface area contributed by atoms with Gasteiger partial charge in [0.05, 0.1) is 0 Å². The Bertz CT molecular complexity index is 529. The molecule has 0 spiro atoms. The van der Waals surface area contributed by atoms with Crippen LogP contribution in [0.2, 0.25) is 0 Å². The predicted molar refractivity (Wildman–Crippen MR) is 84.8 cm³/mol. The fourth-order valence-electron chi connectivity index (χ4n) is 2.69. The van der Waals surface area contributed by atoms with E-state index in [2.05, 4.69) is 34.4 Å². The molecule has 1 atom stereocenters. The molecule has 2 rings (SSSR count). The molecule has 1 fully saturated rings. The first-order chi connectivity index (χ1) is 9.92. The Balaban J connectivity index is 2.27. The van der Waals surface area contributed by atoms with Crippen LogP contribution in [0.25, 0.3) is 0 Å². The molecular weight excluding hydrogens is 266 g/mol. The zero-order valence-electron chi connectivity index (χ0n) is 13.5. The monoisotopic (exact) mass is 291 g/mol. The van der Waals surface area contributed by atoms with Gasteiger partial charge in [0, 0.05) is 44.6 Å². The number of hydrogen-bond acceptors (Lipinski definition) is 5. The lowest BCUT2D eigenvalue weighted by atomic mass is 10.2. The molecule has 1 aromatic rings.